The predicted molar refractivity (Wildman–Crippen MR) is 62.6 cm³/mol. The van der Waals surface area contributed by atoms with E-state index in [9.17, 15) is 9.59 Å². The van der Waals surface area contributed by atoms with Gasteiger partial charge in [-0.15, -0.1) is 0 Å². The number of nitrogens with one attached hydrogen (secondary N) is 2. The zero-order valence-corrected chi connectivity index (χ0v) is 9.21. The van der Waals surface area contributed by atoms with Gasteiger partial charge in [-0.1, -0.05) is 0 Å². The van der Waals surface area contributed by atoms with E-state index < -0.39 is 0 Å². The molecule has 2 aromatic rings. The number of carbonyl (C=O) groups excluding carboxylic acids is 1. The number of hydrogen-bond donors (Lipinski definition) is 2. The normalized spacial score (nSPS) is 10.0. The van der Waals surface area contributed by atoms with Crippen LogP contribution in [0.25, 0.3) is 0 Å². The minimum absolute atomic E-state index is 0.137. The lowest BCUT2D eigenvalue weighted by Gasteiger charge is -2.02. The van der Waals surface area contributed by atoms with Gasteiger partial charge in [-0.2, -0.15) is 11.3 Å². The summed E-state index contributed by atoms with van der Waals surface area (Å²) in [5.41, 5.74) is 0.894. The molecular formula is C11H10N2O2S. The minimum Gasteiger partial charge on any atom is -0.367 e. The predicted octanol–water partition coefficient (Wildman–Crippen LogP) is 1.37. The molecule has 1 amide bonds. The third kappa shape index (κ3) is 2.38. The van der Waals surface area contributed by atoms with E-state index in [0.29, 0.717) is 6.54 Å². The Hall–Kier alpha value is -1.88. The van der Waals surface area contributed by atoms with Gasteiger partial charge in [0.05, 0.1) is 0 Å². The van der Waals surface area contributed by atoms with Crippen molar-refractivity contribution in [2.45, 2.75) is 6.54 Å². The molecule has 5 heteroatoms. The van der Waals surface area contributed by atoms with Crippen LogP contribution in [0, 0.1) is 0 Å². The second-order valence-corrected chi connectivity index (χ2v) is 4.02. The summed E-state index contributed by atoms with van der Waals surface area (Å²) in [5.74, 6) is -0.354. The molecule has 2 aromatic heterocycles. The molecule has 0 saturated carbocycles. The first kappa shape index (κ1) is 10.6. The lowest BCUT2D eigenvalue weighted by atomic mass is 10.2. The maximum Gasteiger partial charge on any atom is 0.257 e. The fraction of sp³-hybridized carbons (Fsp3) is 0.0909. The van der Waals surface area contributed by atoms with E-state index in [0.717, 1.165) is 5.56 Å². The zero-order valence-electron chi connectivity index (χ0n) is 8.40. The van der Waals surface area contributed by atoms with Gasteiger partial charge in [-0.25, -0.2) is 0 Å². The zero-order chi connectivity index (χ0) is 11.4. The topological polar surface area (TPSA) is 62.0 Å². The summed E-state index contributed by atoms with van der Waals surface area (Å²) in [6, 6.07) is 3.26. The van der Waals surface area contributed by atoms with Crippen molar-refractivity contribution in [3.8, 4) is 0 Å². The number of amides is 1. The van der Waals surface area contributed by atoms with Crippen LogP contribution < -0.4 is 10.7 Å². The van der Waals surface area contributed by atoms with Crippen LogP contribution in [0.5, 0.6) is 0 Å². The van der Waals surface area contributed by atoms with Gasteiger partial charge < -0.3 is 10.3 Å². The summed E-state index contributed by atoms with van der Waals surface area (Å²) < 4.78 is 0. The van der Waals surface area contributed by atoms with Crippen LogP contribution in [0.3, 0.4) is 0 Å². The van der Waals surface area contributed by atoms with Crippen LogP contribution in [0.4, 0.5) is 0 Å². The average Bonchev–Trinajstić information content (AvgIpc) is 2.79. The first-order valence-corrected chi connectivity index (χ1v) is 5.68. The summed E-state index contributed by atoms with van der Waals surface area (Å²) in [6.07, 6.45) is 2.91. The summed E-state index contributed by atoms with van der Waals surface area (Å²) in [4.78, 5) is 25.7. The highest BCUT2D eigenvalue weighted by atomic mass is 32.1. The number of aromatic nitrogens is 1. The lowest BCUT2D eigenvalue weighted by molar-refractivity contribution is 0.0949. The van der Waals surface area contributed by atoms with Gasteiger partial charge >= 0.3 is 0 Å². The second kappa shape index (κ2) is 4.76. The van der Waals surface area contributed by atoms with Gasteiger partial charge in [0.2, 0.25) is 0 Å². The molecule has 2 heterocycles. The molecule has 0 radical (unpaired) electrons. The van der Waals surface area contributed by atoms with Gasteiger partial charge in [-0.05, 0) is 22.4 Å². The molecule has 0 fully saturated rings. The monoisotopic (exact) mass is 234 g/mol. The van der Waals surface area contributed by atoms with Gasteiger partial charge in [-0.3, -0.25) is 9.59 Å². The molecular weight excluding hydrogens is 224 g/mol. The second-order valence-electron chi connectivity index (χ2n) is 3.24. The number of carbonyl (C=O) groups is 1. The maximum absolute atomic E-state index is 11.6. The Kier molecular flexibility index (Phi) is 3.16. The number of H-pyrrole nitrogens is 1. The van der Waals surface area contributed by atoms with Gasteiger partial charge in [0.1, 0.15) is 5.56 Å². The number of rotatable bonds is 3. The smallest absolute Gasteiger partial charge is 0.257 e. The molecule has 0 atom stereocenters. The molecule has 4 nitrogen and oxygen atoms in total. The van der Waals surface area contributed by atoms with Crippen molar-refractivity contribution in [3.63, 3.8) is 0 Å². The van der Waals surface area contributed by atoms with E-state index in [1.807, 2.05) is 16.8 Å². The van der Waals surface area contributed by atoms with E-state index in [4.69, 9.17) is 0 Å². The summed E-state index contributed by atoms with van der Waals surface area (Å²) >= 11 is 1.57. The van der Waals surface area contributed by atoms with Crippen LogP contribution in [0.1, 0.15) is 15.9 Å². The molecule has 0 spiro atoms. The molecule has 0 aliphatic heterocycles. The van der Waals surface area contributed by atoms with Crippen molar-refractivity contribution in [1.82, 2.24) is 10.3 Å². The van der Waals surface area contributed by atoms with Crippen molar-refractivity contribution in [3.05, 3.63) is 56.6 Å². The largest absolute Gasteiger partial charge is 0.367 e. The van der Waals surface area contributed by atoms with E-state index in [1.54, 1.807) is 11.3 Å². The molecule has 0 saturated heterocycles. The van der Waals surface area contributed by atoms with Gasteiger partial charge in [0, 0.05) is 25.0 Å². The molecule has 0 unspecified atom stereocenters. The number of aromatic amines is 1. The maximum atomic E-state index is 11.6. The number of hydrogen-bond acceptors (Lipinski definition) is 3. The molecule has 0 bridgehead atoms. The highest BCUT2D eigenvalue weighted by Gasteiger charge is 2.08. The Morgan fingerprint density at radius 1 is 1.44 bits per heavy atom. The van der Waals surface area contributed by atoms with Crippen LogP contribution >= 0.6 is 11.3 Å². The van der Waals surface area contributed by atoms with Crippen molar-refractivity contribution in [1.29, 1.82) is 0 Å². The average molecular weight is 234 g/mol. The summed E-state index contributed by atoms with van der Waals surface area (Å²) in [5, 5.41) is 6.59. The standard InChI is InChI=1S/C11H10N2O2S/c14-10-1-3-12-6-9(10)11(15)13-5-8-2-4-16-7-8/h1-4,6-7H,5H2,(H,12,14)(H,13,15). The molecule has 0 aliphatic carbocycles. The highest BCUT2D eigenvalue weighted by molar-refractivity contribution is 7.07. The molecule has 16 heavy (non-hydrogen) atoms. The van der Waals surface area contributed by atoms with Crippen molar-refractivity contribution < 1.29 is 4.79 Å². The van der Waals surface area contributed by atoms with E-state index in [1.165, 1.54) is 18.5 Å². The quantitative estimate of drug-likeness (QED) is 0.842. The Morgan fingerprint density at radius 2 is 2.31 bits per heavy atom. The lowest BCUT2D eigenvalue weighted by Crippen LogP contribution is -2.27. The minimum atomic E-state index is -0.354. The Labute approximate surface area is 96.0 Å². The fourth-order valence-electron chi connectivity index (χ4n) is 1.26. The van der Waals surface area contributed by atoms with Gasteiger partial charge in [0.15, 0.2) is 5.43 Å². The molecule has 82 valence electrons. The molecule has 0 aliphatic rings. The molecule has 0 aromatic carbocycles. The first-order valence-electron chi connectivity index (χ1n) is 4.74. The van der Waals surface area contributed by atoms with Crippen molar-refractivity contribution in [2.24, 2.45) is 0 Å². The van der Waals surface area contributed by atoms with Crippen LogP contribution in [0.15, 0.2) is 40.1 Å². The van der Waals surface area contributed by atoms with Crippen LogP contribution in [0.2, 0.25) is 0 Å². The van der Waals surface area contributed by atoms with E-state index >= 15 is 0 Å². The molecule has 2 rings (SSSR count). The SMILES string of the molecule is O=C(NCc1ccsc1)c1c[nH]ccc1=O. The van der Waals surface area contributed by atoms with Crippen molar-refractivity contribution in [2.75, 3.05) is 0 Å². The fourth-order valence-corrected chi connectivity index (χ4v) is 1.93. The Morgan fingerprint density at radius 3 is 3.00 bits per heavy atom. The Bertz CT molecular complexity index is 531. The van der Waals surface area contributed by atoms with Crippen molar-refractivity contribution >= 4 is 17.2 Å². The third-order valence-electron chi connectivity index (χ3n) is 2.10. The van der Waals surface area contributed by atoms with Crippen LogP contribution in [-0.2, 0) is 6.54 Å². The van der Waals surface area contributed by atoms with Gasteiger partial charge in [0.25, 0.3) is 5.91 Å². The third-order valence-corrected chi connectivity index (χ3v) is 2.83. The first-order chi connectivity index (χ1) is 7.77. The van der Waals surface area contributed by atoms with E-state index in [-0.39, 0.29) is 16.9 Å². The van der Waals surface area contributed by atoms with Crippen LogP contribution in [-0.4, -0.2) is 10.9 Å². The van der Waals surface area contributed by atoms with E-state index in [2.05, 4.69) is 10.3 Å². The highest BCUT2D eigenvalue weighted by Crippen LogP contribution is 2.05. The number of pyridine rings is 1. The summed E-state index contributed by atoms with van der Waals surface area (Å²) in [7, 11) is 0. The summed E-state index contributed by atoms with van der Waals surface area (Å²) in [6.45, 7) is 0.441. The number of thiophene rings is 1. The Balaban J connectivity index is 2.04. The molecule has 2 N–H and O–H groups in total.